The lowest BCUT2D eigenvalue weighted by Crippen LogP contribution is -2.34. The number of piperidine rings is 1. The number of para-hydroxylation sites is 1. The fourth-order valence-corrected chi connectivity index (χ4v) is 3.59. The molecule has 0 radical (unpaired) electrons. The van der Waals surface area contributed by atoms with Crippen LogP contribution in [0, 0.1) is 16.0 Å². The molecule has 174 valence electrons. The van der Waals surface area contributed by atoms with E-state index < -0.39 is 29.3 Å². The smallest absolute Gasteiger partial charge is 0.338 e. The molecule has 1 aliphatic heterocycles. The van der Waals surface area contributed by atoms with Crippen LogP contribution in [0.2, 0.25) is 0 Å². The van der Waals surface area contributed by atoms with Crippen LogP contribution in [0.25, 0.3) is 0 Å². The van der Waals surface area contributed by atoms with E-state index in [-0.39, 0.29) is 22.6 Å². The molecule has 0 unspecified atom stereocenters. The molecule has 2 aromatic carbocycles. The molecule has 0 aliphatic carbocycles. The van der Waals surface area contributed by atoms with E-state index in [0.717, 1.165) is 18.9 Å². The zero-order valence-electron chi connectivity index (χ0n) is 18.4. The van der Waals surface area contributed by atoms with Crippen LogP contribution in [0.5, 0.6) is 5.75 Å². The van der Waals surface area contributed by atoms with Crippen LogP contribution in [0.4, 0.5) is 11.4 Å². The lowest BCUT2D eigenvalue weighted by molar-refractivity contribution is -0.384. The first-order chi connectivity index (χ1) is 15.8. The van der Waals surface area contributed by atoms with Gasteiger partial charge in [-0.25, -0.2) is 4.79 Å². The highest BCUT2D eigenvalue weighted by molar-refractivity contribution is 6.07. The van der Waals surface area contributed by atoms with E-state index >= 15 is 0 Å². The van der Waals surface area contributed by atoms with E-state index in [2.05, 4.69) is 12.2 Å². The molecule has 2 amide bonds. The molecular weight excluding hydrogens is 430 g/mol. The second kappa shape index (κ2) is 10.6. The van der Waals surface area contributed by atoms with Gasteiger partial charge in [-0.2, -0.15) is 0 Å². The summed E-state index contributed by atoms with van der Waals surface area (Å²) < 4.78 is 10.0. The number of benzene rings is 2. The van der Waals surface area contributed by atoms with Crippen LogP contribution in [-0.2, 0) is 9.53 Å². The van der Waals surface area contributed by atoms with E-state index in [4.69, 9.17) is 9.47 Å². The summed E-state index contributed by atoms with van der Waals surface area (Å²) in [6, 6.07) is 10.4. The third-order valence-electron chi connectivity index (χ3n) is 5.47. The summed E-state index contributed by atoms with van der Waals surface area (Å²) in [6.07, 6.45) is 1.87. The van der Waals surface area contributed by atoms with Gasteiger partial charge in [0.15, 0.2) is 6.61 Å². The van der Waals surface area contributed by atoms with Crippen molar-refractivity contribution in [2.75, 3.05) is 31.7 Å². The van der Waals surface area contributed by atoms with E-state index in [0.29, 0.717) is 24.7 Å². The largest absolute Gasteiger partial charge is 0.496 e. The average Bonchev–Trinajstić information content (AvgIpc) is 2.82. The Kier molecular flexibility index (Phi) is 7.60. The second-order valence-corrected chi connectivity index (χ2v) is 7.78. The van der Waals surface area contributed by atoms with Crippen molar-refractivity contribution in [3.05, 3.63) is 63.7 Å². The van der Waals surface area contributed by atoms with Crippen molar-refractivity contribution in [1.82, 2.24) is 5.32 Å². The molecule has 1 aliphatic rings. The Hall–Kier alpha value is -3.95. The predicted molar refractivity (Wildman–Crippen MR) is 119 cm³/mol. The number of hydrogen-bond acceptors (Lipinski definition) is 8. The first-order valence-electron chi connectivity index (χ1n) is 10.5. The molecule has 0 atom stereocenters. The van der Waals surface area contributed by atoms with Gasteiger partial charge in [0, 0.05) is 19.2 Å². The molecule has 1 fully saturated rings. The summed E-state index contributed by atoms with van der Waals surface area (Å²) in [5.74, 6) is -1.60. The van der Waals surface area contributed by atoms with Crippen LogP contribution >= 0.6 is 0 Å². The first-order valence-corrected chi connectivity index (χ1v) is 10.5. The molecule has 0 saturated carbocycles. The van der Waals surface area contributed by atoms with Gasteiger partial charge in [0.2, 0.25) is 0 Å². The number of nitrogens with one attached hydrogen (secondary N) is 1. The number of ether oxygens (including phenoxy) is 2. The number of methoxy groups -OCH3 is 1. The average molecular weight is 455 g/mol. The molecule has 1 N–H and O–H groups in total. The van der Waals surface area contributed by atoms with Gasteiger partial charge >= 0.3 is 5.97 Å². The van der Waals surface area contributed by atoms with Gasteiger partial charge < -0.3 is 14.4 Å². The SMILES string of the molecule is COc1ccccc1C(=O)NC(=O)COC(=O)c1ccc(N2CCC(C)CC2)c([N+](=O)[O-])c1. The topological polar surface area (TPSA) is 128 Å². The number of carbonyl (C=O) groups excluding carboxylic acids is 3. The van der Waals surface area contributed by atoms with E-state index in [1.807, 2.05) is 4.90 Å². The van der Waals surface area contributed by atoms with Crippen molar-refractivity contribution >= 4 is 29.2 Å². The zero-order chi connectivity index (χ0) is 24.0. The summed E-state index contributed by atoms with van der Waals surface area (Å²) in [7, 11) is 1.39. The van der Waals surface area contributed by atoms with Crippen molar-refractivity contribution < 1.29 is 28.8 Å². The van der Waals surface area contributed by atoms with E-state index in [1.54, 1.807) is 18.2 Å². The summed E-state index contributed by atoms with van der Waals surface area (Å²) >= 11 is 0. The second-order valence-electron chi connectivity index (χ2n) is 7.78. The van der Waals surface area contributed by atoms with Crippen molar-refractivity contribution in [3.8, 4) is 5.75 Å². The van der Waals surface area contributed by atoms with Crippen LogP contribution < -0.4 is 15.0 Å². The standard InChI is InChI=1S/C23H25N3O7/c1-15-9-11-25(12-10-15)18-8-7-16(13-19(18)26(30)31)23(29)33-14-21(27)24-22(28)17-5-3-4-6-20(17)32-2/h3-8,13,15H,9-12,14H2,1-2H3,(H,24,27,28). The summed E-state index contributed by atoms with van der Waals surface area (Å²) in [4.78, 5) is 49.7. The Morgan fingerprint density at radius 3 is 2.52 bits per heavy atom. The normalized spacial score (nSPS) is 13.8. The monoisotopic (exact) mass is 455 g/mol. The van der Waals surface area contributed by atoms with Crippen molar-refractivity contribution in [2.45, 2.75) is 19.8 Å². The first kappa shape index (κ1) is 23.7. The summed E-state index contributed by atoms with van der Waals surface area (Å²) in [6.45, 7) is 2.82. The number of esters is 1. The Morgan fingerprint density at radius 1 is 1.15 bits per heavy atom. The highest BCUT2D eigenvalue weighted by atomic mass is 16.6. The van der Waals surface area contributed by atoms with Crippen LogP contribution in [0.15, 0.2) is 42.5 Å². The van der Waals surface area contributed by atoms with Gasteiger partial charge in [0.1, 0.15) is 11.4 Å². The maximum atomic E-state index is 12.4. The number of nitro benzene ring substituents is 1. The molecule has 10 heteroatoms. The number of anilines is 1. The van der Waals surface area contributed by atoms with Crippen molar-refractivity contribution in [1.29, 1.82) is 0 Å². The third-order valence-corrected chi connectivity index (χ3v) is 5.47. The maximum Gasteiger partial charge on any atom is 0.338 e. The quantitative estimate of drug-likeness (QED) is 0.383. The number of nitro groups is 1. The maximum absolute atomic E-state index is 12.4. The molecule has 3 rings (SSSR count). The number of imide groups is 1. The number of carbonyl (C=O) groups is 3. The number of nitrogens with zero attached hydrogens (tertiary/aromatic N) is 2. The molecule has 0 bridgehead atoms. The minimum absolute atomic E-state index is 0.0558. The number of rotatable bonds is 7. The molecular formula is C23H25N3O7. The van der Waals surface area contributed by atoms with Crippen molar-refractivity contribution in [2.24, 2.45) is 5.92 Å². The third kappa shape index (κ3) is 5.85. The molecule has 2 aromatic rings. The molecule has 1 heterocycles. The molecule has 1 saturated heterocycles. The van der Waals surface area contributed by atoms with Gasteiger partial charge in [-0.1, -0.05) is 19.1 Å². The highest BCUT2D eigenvalue weighted by Crippen LogP contribution is 2.32. The van der Waals surface area contributed by atoms with Gasteiger partial charge in [-0.3, -0.25) is 25.0 Å². The summed E-state index contributed by atoms with van der Waals surface area (Å²) in [5.41, 5.74) is 0.344. The summed E-state index contributed by atoms with van der Waals surface area (Å²) in [5, 5.41) is 13.7. The van der Waals surface area contributed by atoms with Crippen LogP contribution in [0.3, 0.4) is 0 Å². The highest BCUT2D eigenvalue weighted by Gasteiger charge is 2.25. The van der Waals surface area contributed by atoms with Gasteiger partial charge in [0.05, 0.1) is 23.2 Å². The number of hydrogen-bond donors (Lipinski definition) is 1. The Balaban J connectivity index is 1.62. The van der Waals surface area contributed by atoms with Gasteiger partial charge in [-0.05, 0) is 43.0 Å². The van der Waals surface area contributed by atoms with Crippen LogP contribution in [-0.4, -0.2) is 49.5 Å². The van der Waals surface area contributed by atoms with Crippen molar-refractivity contribution in [3.63, 3.8) is 0 Å². The Bertz CT molecular complexity index is 1060. The van der Waals surface area contributed by atoms with E-state index in [1.165, 1.54) is 25.3 Å². The molecule has 33 heavy (non-hydrogen) atoms. The zero-order valence-corrected chi connectivity index (χ0v) is 18.4. The van der Waals surface area contributed by atoms with Crippen LogP contribution in [0.1, 0.15) is 40.5 Å². The molecule has 0 spiro atoms. The van der Waals surface area contributed by atoms with E-state index in [9.17, 15) is 24.5 Å². The minimum Gasteiger partial charge on any atom is -0.496 e. The fourth-order valence-electron chi connectivity index (χ4n) is 3.59. The predicted octanol–water partition coefficient (Wildman–Crippen LogP) is 2.95. The lowest BCUT2D eigenvalue weighted by Gasteiger charge is -2.31. The van der Waals surface area contributed by atoms with Gasteiger partial charge in [-0.15, -0.1) is 0 Å². The Morgan fingerprint density at radius 2 is 1.85 bits per heavy atom. The lowest BCUT2D eigenvalue weighted by atomic mass is 9.98. The fraction of sp³-hybridized carbons (Fsp3) is 0.348. The Labute approximate surface area is 190 Å². The van der Waals surface area contributed by atoms with Gasteiger partial charge in [0.25, 0.3) is 17.5 Å². The number of amides is 2. The minimum atomic E-state index is -0.906. The molecule has 10 nitrogen and oxygen atoms in total. The molecule has 0 aromatic heterocycles.